The second-order valence-electron chi connectivity index (χ2n) is 7.06. The molecule has 1 heterocycles. The molecule has 3 rings (SSSR count). The molecule has 29 heavy (non-hydrogen) atoms. The summed E-state index contributed by atoms with van der Waals surface area (Å²) < 4.78 is 20.0. The van der Waals surface area contributed by atoms with Gasteiger partial charge in [-0.15, -0.1) is 5.10 Å². The van der Waals surface area contributed by atoms with Gasteiger partial charge in [0, 0.05) is 18.7 Å². The summed E-state index contributed by atoms with van der Waals surface area (Å²) in [6.45, 7) is 2.43. The fourth-order valence-electron chi connectivity index (χ4n) is 3.28. The molecule has 0 unspecified atom stereocenters. The predicted octanol–water partition coefficient (Wildman–Crippen LogP) is 3.54. The summed E-state index contributed by atoms with van der Waals surface area (Å²) in [5.74, 6) is -0.447. The Balaban J connectivity index is 1.63. The lowest BCUT2D eigenvalue weighted by atomic mass is 9.97. The standard InChI is InChI=1S/C22H26FN3O3/c1-2-19(22(28)24-15-14-16-6-4-3-5-7-16)29-20-12-13-21(27)26(25-20)18-10-8-17(23)9-11-18/h6,8-13,19H,2-5,7,14-15H2,1H3,(H,24,28)/t19-/m0/s1. The minimum absolute atomic E-state index is 0.158. The van der Waals surface area contributed by atoms with Crippen molar-refractivity contribution in [1.82, 2.24) is 15.1 Å². The number of benzene rings is 1. The highest BCUT2D eigenvalue weighted by Crippen LogP contribution is 2.19. The van der Waals surface area contributed by atoms with Crippen LogP contribution in [-0.4, -0.2) is 28.3 Å². The van der Waals surface area contributed by atoms with Crippen LogP contribution < -0.4 is 15.6 Å². The van der Waals surface area contributed by atoms with E-state index in [1.54, 1.807) is 0 Å². The van der Waals surface area contributed by atoms with Gasteiger partial charge in [0.15, 0.2) is 6.10 Å². The highest BCUT2D eigenvalue weighted by molar-refractivity contribution is 5.81. The number of hydrogen-bond acceptors (Lipinski definition) is 4. The zero-order chi connectivity index (χ0) is 20.6. The minimum Gasteiger partial charge on any atom is -0.463 e. The molecule has 1 aromatic carbocycles. The molecular formula is C22H26FN3O3. The predicted molar refractivity (Wildman–Crippen MR) is 109 cm³/mol. The molecule has 0 fully saturated rings. The molecule has 0 spiro atoms. The summed E-state index contributed by atoms with van der Waals surface area (Å²) >= 11 is 0. The molecule has 2 aromatic rings. The smallest absolute Gasteiger partial charge is 0.271 e. The lowest BCUT2D eigenvalue weighted by Crippen LogP contribution is -2.39. The summed E-state index contributed by atoms with van der Waals surface area (Å²) in [5, 5.41) is 7.09. The van der Waals surface area contributed by atoms with E-state index in [-0.39, 0.29) is 17.3 Å². The van der Waals surface area contributed by atoms with Crippen LogP contribution in [0.15, 0.2) is 52.8 Å². The van der Waals surface area contributed by atoms with Crippen molar-refractivity contribution in [1.29, 1.82) is 0 Å². The van der Waals surface area contributed by atoms with E-state index in [2.05, 4.69) is 16.5 Å². The van der Waals surface area contributed by atoms with Crippen molar-refractivity contribution in [2.45, 2.75) is 51.6 Å². The SMILES string of the molecule is CC[C@H](Oc1ccc(=O)n(-c2ccc(F)cc2)n1)C(=O)NCCC1=CCCCC1. The van der Waals surface area contributed by atoms with Crippen molar-refractivity contribution < 1.29 is 13.9 Å². The zero-order valence-electron chi connectivity index (χ0n) is 16.6. The van der Waals surface area contributed by atoms with Gasteiger partial charge in [0.05, 0.1) is 5.69 Å². The van der Waals surface area contributed by atoms with E-state index in [1.807, 2.05) is 6.92 Å². The van der Waals surface area contributed by atoms with Crippen LogP contribution in [0, 0.1) is 5.82 Å². The molecule has 0 bridgehead atoms. The number of carbonyl (C=O) groups excluding carboxylic acids is 1. The summed E-state index contributed by atoms with van der Waals surface area (Å²) in [6.07, 6.45) is 7.58. The summed E-state index contributed by atoms with van der Waals surface area (Å²) in [4.78, 5) is 24.6. The average Bonchev–Trinajstić information content (AvgIpc) is 2.74. The van der Waals surface area contributed by atoms with Gasteiger partial charge in [-0.2, -0.15) is 4.68 Å². The van der Waals surface area contributed by atoms with Crippen LogP contribution in [0.25, 0.3) is 5.69 Å². The Labute approximate surface area is 169 Å². The highest BCUT2D eigenvalue weighted by Gasteiger charge is 2.19. The van der Waals surface area contributed by atoms with Gasteiger partial charge >= 0.3 is 0 Å². The van der Waals surface area contributed by atoms with Crippen LogP contribution in [0.2, 0.25) is 0 Å². The lowest BCUT2D eigenvalue weighted by Gasteiger charge is -2.18. The summed E-state index contributed by atoms with van der Waals surface area (Å²) in [7, 11) is 0. The van der Waals surface area contributed by atoms with Gasteiger partial charge in [-0.25, -0.2) is 4.39 Å². The molecule has 154 valence electrons. The van der Waals surface area contributed by atoms with E-state index in [0.717, 1.165) is 23.9 Å². The molecule has 1 aromatic heterocycles. The Morgan fingerprint density at radius 3 is 2.72 bits per heavy atom. The first-order valence-corrected chi connectivity index (χ1v) is 10.1. The van der Waals surface area contributed by atoms with Crippen molar-refractivity contribution in [2.75, 3.05) is 6.54 Å². The van der Waals surface area contributed by atoms with E-state index in [0.29, 0.717) is 18.7 Å². The molecule has 1 atom stereocenters. The summed E-state index contributed by atoms with van der Waals surface area (Å²) in [5.41, 5.74) is 1.45. The number of aromatic nitrogens is 2. The first-order valence-electron chi connectivity index (χ1n) is 10.1. The van der Waals surface area contributed by atoms with Gasteiger partial charge in [0.1, 0.15) is 5.82 Å². The number of carbonyl (C=O) groups is 1. The third kappa shape index (κ3) is 5.76. The number of nitrogens with zero attached hydrogens (tertiary/aromatic N) is 2. The Bertz CT molecular complexity index is 922. The Morgan fingerprint density at radius 2 is 2.03 bits per heavy atom. The number of allylic oxidation sites excluding steroid dienone is 1. The normalized spacial score (nSPS) is 14.8. The quantitative estimate of drug-likeness (QED) is 0.689. The molecule has 1 N–H and O–H groups in total. The highest BCUT2D eigenvalue weighted by atomic mass is 19.1. The maximum absolute atomic E-state index is 13.1. The molecule has 6 nitrogen and oxygen atoms in total. The maximum atomic E-state index is 13.1. The fraction of sp³-hybridized carbons (Fsp3) is 0.409. The molecule has 0 radical (unpaired) electrons. The number of ether oxygens (including phenoxy) is 1. The second kappa shape index (κ2) is 10.0. The second-order valence-corrected chi connectivity index (χ2v) is 7.06. The van der Waals surface area contributed by atoms with Crippen molar-refractivity contribution in [3.63, 3.8) is 0 Å². The van der Waals surface area contributed by atoms with Crippen molar-refractivity contribution in [3.05, 3.63) is 64.2 Å². The Hall–Kier alpha value is -2.96. The first kappa shape index (κ1) is 20.8. The van der Waals surface area contributed by atoms with Gasteiger partial charge in [-0.3, -0.25) is 9.59 Å². The Kier molecular flexibility index (Phi) is 7.16. The van der Waals surface area contributed by atoms with Crippen LogP contribution in [0.1, 0.15) is 45.4 Å². The fourth-order valence-corrected chi connectivity index (χ4v) is 3.28. The molecule has 1 aliphatic carbocycles. The van der Waals surface area contributed by atoms with Crippen LogP contribution in [0.3, 0.4) is 0 Å². The first-order chi connectivity index (χ1) is 14.1. The number of amides is 1. The molecule has 7 heteroatoms. The van der Waals surface area contributed by atoms with Gasteiger partial charge in [0.2, 0.25) is 5.88 Å². The molecule has 0 saturated heterocycles. The number of halogens is 1. The number of nitrogens with one attached hydrogen (secondary N) is 1. The van der Waals surface area contributed by atoms with Crippen LogP contribution in [-0.2, 0) is 4.79 Å². The number of rotatable bonds is 8. The third-order valence-corrected chi connectivity index (χ3v) is 4.90. The van der Waals surface area contributed by atoms with Crippen molar-refractivity contribution in [2.24, 2.45) is 0 Å². The van der Waals surface area contributed by atoms with Crippen molar-refractivity contribution >= 4 is 5.91 Å². The lowest BCUT2D eigenvalue weighted by molar-refractivity contribution is -0.128. The molecule has 0 saturated carbocycles. The van der Waals surface area contributed by atoms with Gasteiger partial charge in [-0.1, -0.05) is 18.6 Å². The van der Waals surface area contributed by atoms with E-state index >= 15 is 0 Å². The number of hydrogen-bond donors (Lipinski definition) is 1. The van der Waals surface area contributed by atoms with Gasteiger partial charge < -0.3 is 10.1 Å². The van der Waals surface area contributed by atoms with Crippen molar-refractivity contribution in [3.8, 4) is 11.6 Å². The minimum atomic E-state index is -0.706. The van der Waals surface area contributed by atoms with Gasteiger partial charge in [-0.05, 0) is 62.8 Å². The molecule has 0 aliphatic heterocycles. The monoisotopic (exact) mass is 399 g/mol. The van der Waals surface area contributed by atoms with Crippen LogP contribution in [0.5, 0.6) is 5.88 Å². The Morgan fingerprint density at radius 1 is 1.24 bits per heavy atom. The third-order valence-electron chi connectivity index (χ3n) is 4.90. The average molecular weight is 399 g/mol. The van der Waals surface area contributed by atoms with E-state index in [1.165, 1.54) is 54.8 Å². The largest absolute Gasteiger partial charge is 0.463 e. The van der Waals surface area contributed by atoms with E-state index in [9.17, 15) is 14.0 Å². The van der Waals surface area contributed by atoms with Crippen LogP contribution >= 0.6 is 0 Å². The van der Waals surface area contributed by atoms with E-state index in [4.69, 9.17) is 4.74 Å². The van der Waals surface area contributed by atoms with Crippen LogP contribution in [0.4, 0.5) is 4.39 Å². The molecule has 1 amide bonds. The molecule has 1 aliphatic rings. The topological polar surface area (TPSA) is 73.2 Å². The zero-order valence-corrected chi connectivity index (χ0v) is 16.6. The molecular weight excluding hydrogens is 373 g/mol. The maximum Gasteiger partial charge on any atom is 0.271 e. The van der Waals surface area contributed by atoms with E-state index < -0.39 is 11.9 Å². The van der Waals surface area contributed by atoms with Gasteiger partial charge in [0.25, 0.3) is 11.5 Å². The summed E-state index contributed by atoms with van der Waals surface area (Å²) in [6, 6.07) is 8.16.